The molecule has 0 heterocycles. The minimum Gasteiger partial charge on any atom is -0.349 e. The van der Waals surface area contributed by atoms with E-state index in [-0.39, 0.29) is 34.7 Å². The molecule has 2 N–H and O–H groups in total. The van der Waals surface area contributed by atoms with Crippen LogP contribution in [-0.2, 0) is 0 Å². The molecule has 1 rings (SSSR count). The van der Waals surface area contributed by atoms with Crippen LogP contribution in [0.25, 0.3) is 0 Å². The van der Waals surface area contributed by atoms with Crippen molar-refractivity contribution < 1.29 is 9.59 Å². The van der Waals surface area contributed by atoms with Gasteiger partial charge in [-0.15, -0.1) is 0 Å². The first-order chi connectivity index (χ1) is 10.8. The summed E-state index contributed by atoms with van der Waals surface area (Å²) in [6.07, 6.45) is 0. The molecule has 0 aliphatic rings. The van der Waals surface area contributed by atoms with Gasteiger partial charge in [-0.1, -0.05) is 53.7 Å². The van der Waals surface area contributed by atoms with Crippen LogP contribution in [0.1, 0.15) is 76.1 Å². The molecule has 0 saturated carbocycles. The van der Waals surface area contributed by atoms with Crippen LogP contribution in [0.2, 0.25) is 0 Å². The molecule has 24 heavy (non-hydrogen) atoms. The van der Waals surface area contributed by atoms with Crippen molar-refractivity contribution in [2.75, 3.05) is 0 Å². The van der Waals surface area contributed by atoms with E-state index in [2.05, 4.69) is 52.2 Å². The van der Waals surface area contributed by atoms with Crippen LogP contribution in [0.3, 0.4) is 0 Å². The maximum absolute atomic E-state index is 12.6. The van der Waals surface area contributed by atoms with Gasteiger partial charge in [-0.2, -0.15) is 0 Å². The van der Waals surface area contributed by atoms with Crippen molar-refractivity contribution >= 4 is 11.8 Å². The van der Waals surface area contributed by atoms with Crippen LogP contribution < -0.4 is 10.6 Å². The zero-order valence-electron chi connectivity index (χ0n) is 16.3. The number of nitrogens with one attached hydrogen (secondary N) is 2. The highest BCUT2D eigenvalue weighted by molar-refractivity contribution is 6.07. The van der Waals surface area contributed by atoms with Gasteiger partial charge < -0.3 is 10.6 Å². The number of benzene rings is 1. The van der Waals surface area contributed by atoms with Crippen molar-refractivity contribution in [2.24, 2.45) is 10.8 Å². The van der Waals surface area contributed by atoms with Crippen molar-refractivity contribution in [3.05, 3.63) is 35.4 Å². The number of hydrogen-bond donors (Lipinski definition) is 2. The molecule has 1 aromatic carbocycles. The summed E-state index contributed by atoms with van der Waals surface area (Å²) in [5, 5.41) is 5.99. The predicted molar refractivity (Wildman–Crippen MR) is 99.2 cm³/mol. The van der Waals surface area contributed by atoms with Gasteiger partial charge in [0.2, 0.25) is 0 Å². The fraction of sp³-hybridized carbons (Fsp3) is 0.600. The Hall–Kier alpha value is -1.84. The molecule has 2 atom stereocenters. The third-order valence-electron chi connectivity index (χ3n) is 4.71. The van der Waals surface area contributed by atoms with Gasteiger partial charge in [-0.3, -0.25) is 9.59 Å². The van der Waals surface area contributed by atoms with E-state index in [1.54, 1.807) is 24.3 Å². The monoisotopic (exact) mass is 332 g/mol. The van der Waals surface area contributed by atoms with Crippen LogP contribution in [0.4, 0.5) is 0 Å². The van der Waals surface area contributed by atoms with Gasteiger partial charge in [0.05, 0.1) is 11.1 Å². The standard InChI is InChI=1S/C20H32N2O2/c1-13(19(3,4)5)21-17(23)15-11-9-10-12-16(15)18(24)22-14(2)20(6,7)8/h9-14H,1-8H3,(H,21,23)(H,22,24)/t13-,14-/m1/s1. The summed E-state index contributed by atoms with van der Waals surface area (Å²) >= 11 is 0. The van der Waals surface area contributed by atoms with E-state index in [0.717, 1.165) is 0 Å². The zero-order valence-corrected chi connectivity index (χ0v) is 16.3. The number of amides is 2. The van der Waals surface area contributed by atoms with Gasteiger partial charge in [0.15, 0.2) is 0 Å². The summed E-state index contributed by atoms with van der Waals surface area (Å²) in [4.78, 5) is 25.2. The summed E-state index contributed by atoms with van der Waals surface area (Å²) in [5.41, 5.74) is 0.723. The van der Waals surface area contributed by atoms with Gasteiger partial charge in [-0.05, 0) is 36.8 Å². The van der Waals surface area contributed by atoms with Gasteiger partial charge in [-0.25, -0.2) is 0 Å². The molecule has 0 aliphatic heterocycles. The van der Waals surface area contributed by atoms with Crippen LogP contribution in [0.15, 0.2) is 24.3 Å². The molecule has 1 aromatic rings. The van der Waals surface area contributed by atoms with Gasteiger partial charge in [0, 0.05) is 12.1 Å². The molecule has 0 unspecified atom stereocenters. The Balaban J connectivity index is 3.00. The maximum atomic E-state index is 12.6. The lowest BCUT2D eigenvalue weighted by Crippen LogP contribution is -2.44. The molecule has 0 spiro atoms. The summed E-state index contributed by atoms with van der Waals surface area (Å²) < 4.78 is 0. The summed E-state index contributed by atoms with van der Waals surface area (Å²) in [6, 6.07) is 6.94. The molecule has 0 aromatic heterocycles. The third-order valence-corrected chi connectivity index (χ3v) is 4.71. The number of carbonyl (C=O) groups is 2. The van der Waals surface area contributed by atoms with Crippen molar-refractivity contribution in [2.45, 2.75) is 67.5 Å². The van der Waals surface area contributed by atoms with E-state index in [9.17, 15) is 9.59 Å². The first-order valence-corrected chi connectivity index (χ1v) is 8.54. The largest absolute Gasteiger partial charge is 0.349 e. The Morgan fingerprint density at radius 3 is 1.29 bits per heavy atom. The molecule has 2 amide bonds. The second-order valence-corrected chi connectivity index (χ2v) is 8.67. The molecule has 0 aliphatic carbocycles. The van der Waals surface area contributed by atoms with Crippen LogP contribution in [-0.4, -0.2) is 23.9 Å². The molecule has 0 bridgehead atoms. The zero-order chi connectivity index (χ0) is 18.7. The molecule has 0 saturated heterocycles. The first-order valence-electron chi connectivity index (χ1n) is 8.54. The quantitative estimate of drug-likeness (QED) is 0.875. The van der Waals surface area contributed by atoms with E-state index in [1.165, 1.54) is 0 Å². The van der Waals surface area contributed by atoms with Crippen molar-refractivity contribution in [3.8, 4) is 0 Å². The van der Waals surface area contributed by atoms with Crippen LogP contribution in [0, 0.1) is 10.8 Å². The second-order valence-electron chi connectivity index (χ2n) is 8.67. The average Bonchev–Trinajstić information content (AvgIpc) is 2.45. The van der Waals surface area contributed by atoms with Crippen LogP contribution in [0.5, 0.6) is 0 Å². The summed E-state index contributed by atoms with van der Waals surface area (Å²) in [6.45, 7) is 16.4. The molecule has 0 fully saturated rings. The SMILES string of the molecule is C[C@@H](NC(=O)c1ccccc1C(=O)N[C@H](C)C(C)(C)C)C(C)(C)C. The molecular weight excluding hydrogens is 300 g/mol. The molecular formula is C20H32N2O2. The lowest BCUT2D eigenvalue weighted by atomic mass is 9.87. The second kappa shape index (κ2) is 7.37. The highest BCUT2D eigenvalue weighted by Crippen LogP contribution is 2.21. The van der Waals surface area contributed by atoms with Gasteiger partial charge >= 0.3 is 0 Å². The van der Waals surface area contributed by atoms with Gasteiger partial charge in [0.25, 0.3) is 11.8 Å². The van der Waals surface area contributed by atoms with Crippen LogP contribution >= 0.6 is 0 Å². The fourth-order valence-corrected chi connectivity index (χ4v) is 1.86. The Bertz CT molecular complexity index is 541. The lowest BCUT2D eigenvalue weighted by molar-refractivity contribution is 0.0875. The molecule has 0 radical (unpaired) electrons. The number of hydrogen-bond acceptors (Lipinski definition) is 2. The van der Waals surface area contributed by atoms with E-state index >= 15 is 0 Å². The van der Waals surface area contributed by atoms with Gasteiger partial charge in [0.1, 0.15) is 0 Å². The Kier molecular flexibility index (Phi) is 6.20. The minimum atomic E-state index is -0.216. The third kappa shape index (κ3) is 5.36. The first kappa shape index (κ1) is 20.2. The van der Waals surface area contributed by atoms with Crippen molar-refractivity contribution in [1.29, 1.82) is 0 Å². The molecule has 134 valence electrons. The Labute approximate surface area is 146 Å². The van der Waals surface area contributed by atoms with E-state index < -0.39 is 0 Å². The highest BCUT2D eigenvalue weighted by Gasteiger charge is 2.26. The Morgan fingerprint density at radius 2 is 1.04 bits per heavy atom. The minimum absolute atomic E-state index is 0.00499. The predicted octanol–water partition coefficient (Wildman–Crippen LogP) is 4.02. The maximum Gasteiger partial charge on any atom is 0.252 e. The van der Waals surface area contributed by atoms with E-state index in [4.69, 9.17) is 0 Å². The average molecular weight is 332 g/mol. The number of carbonyl (C=O) groups excluding carboxylic acids is 2. The normalized spacial score (nSPS) is 14.7. The lowest BCUT2D eigenvalue weighted by Gasteiger charge is -2.29. The van der Waals surface area contributed by atoms with E-state index in [0.29, 0.717) is 11.1 Å². The fourth-order valence-electron chi connectivity index (χ4n) is 1.86. The highest BCUT2D eigenvalue weighted by atomic mass is 16.2. The smallest absolute Gasteiger partial charge is 0.252 e. The topological polar surface area (TPSA) is 58.2 Å². The van der Waals surface area contributed by atoms with Crippen molar-refractivity contribution in [1.82, 2.24) is 10.6 Å². The van der Waals surface area contributed by atoms with E-state index in [1.807, 2.05) is 13.8 Å². The van der Waals surface area contributed by atoms with Crippen molar-refractivity contribution in [3.63, 3.8) is 0 Å². The molecule has 4 heteroatoms. The summed E-state index contributed by atoms with van der Waals surface area (Å²) in [5.74, 6) is -0.432. The number of rotatable bonds is 4. The molecule has 4 nitrogen and oxygen atoms in total. The summed E-state index contributed by atoms with van der Waals surface area (Å²) in [7, 11) is 0. The Morgan fingerprint density at radius 1 is 0.750 bits per heavy atom.